The van der Waals surface area contributed by atoms with Crippen LogP contribution in [0.25, 0.3) is 0 Å². The maximum atomic E-state index is 11.8. The number of hydrogen-bond acceptors (Lipinski definition) is 8. The second kappa shape index (κ2) is 24.4. The number of benzene rings is 4. The van der Waals surface area contributed by atoms with Crippen LogP contribution in [0.4, 0.5) is 22.7 Å². The Balaban J connectivity index is 0.000000234. The Kier molecular flexibility index (Phi) is 18.2. The largest absolute Gasteiger partial charge is 0.361 e. The van der Waals surface area contributed by atoms with Gasteiger partial charge < -0.3 is 21.3 Å². The average Bonchev–Trinajstić information content (AvgIpc) is 3.30. The normalized spacial score (nSPS) is 17.0. The summed E-state index contributed by atoms with van der Waals surface area (Å²) in [6.07, 6.45) is 36.3. The predicted octanol–water partition coefficient (Wildman–Crippen LogP) is 10.5. The number of allylic oxidation sites excluding steroid dienone is 20. The standard InChI is InChI=1S/2C27H22N2O2.2Cu/c2*30-26-7-3-1-5-22(26)18-28-24-13-9-20(10-14-24)17-21-11-15-25(16-12-21)29-19-23-6-2-4-8-27(23)31;;/h2*1-16,18-19,28-29H,17H2;;/b2*22-18-,23-19+;;. The van der Waals surface area contributed by atoms with Crippen molar-refractivity contribution in [3.63, 3.8) is 0 Å². The van der Waals surface area contributed by atoms with Crippen LogP contribution in [0.1, 0.15) is 22.3 Å². The Morgan fingerprint density at radius 3 is 0.656 bits per heavy atom. The predicted molar refractivity (Wildman–Crippen MR) is 251 cm³/mol. The molecule has 0 atom stereocenters. The molecule has 0 saturated heterocycles. The maximum absolute atomic E-state index is 11.8. The summed E-state index contributed by atoms with van der Waals surface area (Å²) in [6, 6.07) is 32.6. The van der Waals surface area contributed by atoms with Crippen molar-refractivity contribution in [1.29, 1.82) is 0 Å². The van der Waals surface area contributed by atoms with Crippen molar-refractivity contribution in [3.8, 4) is 0 Å². The van der Waals surface area contributed by atoms with E-state index in [0.717, 1.165) is 35.6 Å². The molecule has 0 saturated carbocycles. The summed E-state index contributed by atoms with van der Waals surface area (Å²) >= 11 is 0. The second-order valence-electron chi connectivity index (χ2n) is 14.4. The zero-order chi connectivity index (χ0) is 42.9. The molecule has 64 heavy (non-hydrogen) atoms. The molecule has 0 spiro atoms. The fraction of sp³-hybridized carbons (Fsp3) is 0.0370. The molecule has 4 aliphatic rings. The Morgan fingerprint density at radius 2 is 0.469 bits per heavy atom. The van der Waals surface area contributed by atoms with E-state index in [1.807, 2.05) is 72.8 Å². The van der Waals surface area contributed by atoms with E-state index in [-0.39, 0.29) is 57.3 Å². The third-order valence-electron chi connectivity index (χ3n) is 9.89. The molecule has 10 heteroatoms. The number of carbonyl (C=O) groups is 4. The first-order valence-electron chi connectivity index (χ1n) is 20.1. The van der Waals surface area contributed by atoms with Crippen LogP contribution in [0, 0.1) is 0 Å². The molecular weight excluding hydrogens is 896 g/mol. The zero-order valence-electron chi connectivity index (χ0n) is 34.4. The molecule has 0 fully saturated rings. The van der Waals surface area contributed by atoms with Gasteiger partial charge in [0.2, 0.25) is 0 Å². The van der Waals surface area contributed by atoms with Gasteiger partial charge in [-0.15, -0.1) is 0 Å². The summed E-state index contributed by atoms with van der Waals surface area (Å²) < 4.78 is 0. The number of hydrogen-bond donors (Lipinski definition) is 4. The average molecular weight is 940 g/mol. The van der Waals surface area contributed by atoms with Crippen molar-refractivity contribution < 1.29 is 53.3 Å². The molecule has 0 unspecified atom stereocenters. The van der Waals surface area contributed by atoms with Crippen molar-refractivity contribution >= 4 is 45.9 Å². The van der Waals surface area contributed by atoms with Crippen LogP contribution < -0.4 is 21.3 Å². The molecule has 4 aliphatic carbocycles. The Morgan fingerprint density at radius 1 is 0.281 bits per heavy atom. The third kappa shape index (κ3) is 14.4. The Hall–Kier alpha value is -7.32. The molecule has 8 rings (SSSR count). The van der Waals surface area contributed by atoms with Crippen molar-refractivity contribution in [2.75, 3.05) is 21.3 Å². The van der Waals surface area contributed by atoms with Crippen LogP contribution in [-0.4, -0.2) is 23.1 Å². The first-order valence-corrected chi connectivity index (χ1v) is 20.1. The van der Waals surface area contributed by atoms with E-state index >= 15 is 0 Å². The molecule has 0 bridgehead atoms. The molecule has 8 nitrogen and oxygen atoms in total. The van der Waals surface area contributed by atoms with Gasteiger partial charge >= 0.3 is 0 Å². The van der Waals surface area contributed by atoms with Crippen LogP contribution in [0.5, 0.6) is 0 Å². The molecule has 4 aromatic carbocycles. The summed E-state index contributed by atoms with van der Waals surface area (Å²) in [5.74, 6) is -0.00225. The van der Waals surface area contributed by atoms with Crippen LogP contribution in [0.2, 0.25) is 0 Å². The molecule has 4 aromatic rings. The summed E-state index contributed by atoms with van der Waals surface area (Å²) in [5.41, 5.74) is 11.1. The molecule has 2 radical (unpaired) electrons. The second-order valence-corrected chi connectivity index (χ2v) is 14.4. The summed E-state index contributed by atoms with van der Waals surface area (Å²) in [6.45, 7) is 0. The number of anilines is 4. The van der Waals surface area contributed by atoms with Gasteiger partial charge in [-0.25, -0.2) is 0 Å². The minimum absolute atomic E-state index is 0. The minimum atomic E-state index is -0.000562. The molecular formula is C54H44Cu2N4O4. The molecule has 0 heterocycles. The van der Waals surface area contributed by atoms with Gasteiger partial charge in [0, 0.05) is 104 Å². The van der Waals surface area contributed by atoms with Crippen LogP contribution in [-0.2, 0) is 66.2 Å². The van der Waals surface area contributed by atoms with Gasteiger partial charge in [0.05, 0.1) is 0 Å². The molecule has 4 N–H and O–H groups in total. The van der Waals surface area contributed by atoms with E-state index in [0.29, 0.717) is 22.3 Å². The van der Waals surface area contributed by atoms with E-state index in [9.17, 15) is 19.2 Å². The smallest absolute Gasteiger partial charge is 0.187 e. The van der Waals surface area contributed by atoms with E-state index in [1.165, 1.54) is 22.3 Å². The van der Waals surface area contributed by atoms with Gasteiger partial charge in [-0.1, -0.05) is 97.1 Å². The fourth-order valence-corrected chi connectivity index (χ4v) is 6.39. The van der Waals surface area contributed by atoms with E-state index in [2.05, 4.69) is 69.8 Å². The topological polar surface area (TPSA) is 116 Å². The molecule has 0 aliphatic heterocycles. The van der Waals surface area contributed by atoms with Gasteiger partial charge in [0.15, 0.2) is 23.1 Å². The number of carbonyl (C=O) groups excluding carboxylic acids is 4. The summed E-state index contributed by atoms with van der Waals surface area (Å²) in [5, 5.41) is 12.7. The number of nitrogens with one attached hydrogen (secondary N) is 4. The van der Waals surface area contributed by atoms with Crippen molar-refractivity contribution in [1.82, 2.24) is 0 Å². The summed E-state index contributed by atoms with van der Waals surface area (Å²) in [4.78, 5) is 47.0. The Bertz CT molecular complexity index is 2330. The summed E-state index contributed by atoms with van der Waals surface area (Å²) in [7, 11) is 0. The van der Waals surface area contributed by atoms with Crippen LogP contribution >= 0.6 is 0 Å². The van der Waals surface area contributed by atoms with Crippen LogP contribution in [0.15, 0.2) is 241 Å². The SMILES string of the molecule is O=C1C=CC=C/C1=C/Nc1ccc(Cc2ccc(N/C=C3\C=CC=CC3=O)cc2)cc1.O=C1C=CC=C/C1=C/Nc1ccc(Cc2ccc(N/C=C3\C=CC=CC3=O)cc2)cc1.[Cu].[Cu]. The van der Waals surface area contributed by atoms with Crippen molar-refractivity contribution in [2.24, 2.45) is 0 Å². The Labute approximate surface area is 394 Å². The van der Waals surface area contributed by atoms with Gasteiger partial charge in [0.1, 0.15) is 0 Å². The van der Waals surface area contributed by atoms with E-state index < -0.39 is 0 Å². The van der Waals surface area contributed by atoms with Gasteiger partial charge in [0.25, 0.3) is 0 Å². The fourth-order valence-electron chi connectivity index (χ4n) is 6.39. The molecule has 0 aromatic heterocycles. The van der Waals surface area contributed by atoms with E-state index in [4.69, 9.17) is 0 Å². The molecule has 326 valence electrons. The van der Waals surface area contributed by atoms with E-state index in [1.54, 1.807) is 97.7 Å². The van der Waals surface area contributed by atoms with Crippen LogP contribution in [0.3, 0.4) is 0 Å². The maximum Gasteiger partial charge on any atom is 0.187 e. The monoisotopic (exact) mass is 938 g/mol. The van der Waals surface area contributed by atoms with Gasteiger partial charge in [-0.3, -0.25) is 19.2 Å². The minimum Gasteiger partial charge on any atom is -0.361 e. The van der Waals surface area contributed by atoms with Gasteiger partial charge in [-0.05, 0) is 132 Å². The first-order chi connectivity index (χ1) is 30.3. The number of rotatable bonds is 12. The number of ketones is 4. The van der Waals surface area contributed by atoms with Crippen molar-refractivity contribution in [3.05, 3.63) is 264 Å². The third-order valence-corrected chi connectivity index (χ3v) is 9.89. The first kappa shape index (κ1) is 47.7. The zero-order valence-corrected chi connectivity index (χ0v) is 36.3. The quantitative estimate of drug-likeness (QED) is 0.0820. The molecule has 0 amide bonds. The van der Waals surface area contributed by atoms with Gasteiger partial charge in [-0.2, -0.15) is 0 Å². The van der Waals surface area contributed by atoms with Crippen molar-refractivity contribution in [2.45, 2.75) is 12.8 Å².